The molecule has 1 aliphatic heterocycles. The molecule has 0 saturated heterocycles. The van der Waals surface area contributed by atoms with Crippen LogP contribution in [-0.4, -0.2) is 24.0 Å². The number of hydrogen-bond donors (Lipinski definition) is 1. The lowest BCUT2D eigenvalue weighted by molar-refractivity contribution is -0.121. The molecule has 1 aliphatic rings. The second-order valence-electron chi connectivity index (χ2n) is 5.01. The SMILES string of the molecule is CSCC(C)C(=O)N1c2ccc(N)cc2CC1C. The Bertz CT molecular complexity index is 461. The number of carbonyl (C=O) groups is 1. The summed E-state index contributed by atoms with van der Waals surface area (Å²) in [6.07, 6.45) is 2.93. The van der Waals surface area contributed by atoms with E-state index in [9.17, 15) is 4.79 Å². The molecule has 1 heterocycles. The fourth-order valence-electron chi connectivity index (χ4n) is 2.55. The fourth-order valence-corrected chi connectivity index (χ4v) is 3.19. The predicted octanol–water partition coefficient (Wildman–Crippen LogP) is 2.55. The standard InChI is InChI=1S/C14H20N2OS/c1-9(8-18-3)14(17)16-10(2)6-11-7-12(15)4-5-13(11)16/h4-5,7,9-10H,6,8,15H2,1-3H3. The molecule has 0 saturated carbocycles. The molecule has 0 spiro atoms. The van der Waals surface area contributed by atoms with Crippen molar-refractivity contribution in [3.05, 3.63) is 23.8 Å². The Morgan fingerprint density at radius 3 is 3.00 bits per heavy atom. The highest BCUT2D eigenvalue weighted by atomic mass is 32.2. The van der Waals surface area contributed by atoms with Gasteiger partial charge in [0, 0.05) is 29.1 Å². The third kappa shape index (κ3) is 2.34. The molecule has 2 atom stereocenters. The van der Waals surface area contributed by atoms with Crippen molar-refractivity contribution >= 4 is 29.0 Å². The molecule has 2 unspecified atom stereocenters. The Morgan fingerprint density at radius 1 is 1.61 bits per heavy atom. The molecular weight excluding hydrogens is 244 g/mol. The second kappa shape index (κ2) is 5.22. The Hall–Kier alpha value is -1.16. The zero-order chi connectivity index (χ0) is 13.3. The Morgan fingerprint density at radius 2 is 2.33 bits per heavy atom. The van der Waals surface area contributed by atoms with Crippen molar-refractivity contribution in [2.75, 3.05) is 22.6 Å². The lowest BCUT2D eigenvalue weighted by Gasteiger charge is -2.25. The molecule has 0 radical (unpaired) electrons. The highest BCUT2D eigenvalue weighted by Gasteiger charge is 2.32. The van der Waals surface area contributed by atoms with Gasteiger partial charge in [-0.15, -0.1) is 0 Å². The number of rotatable bonds is 3. The molecule has 0 fully saturated rings. The Balaban J connectivity index is 2.27. The third-order valence-corrected chi connectivity index (χ3v) is 4.23. The van der Waals surface area contributed by atoms with E-state index >= 15 is 0 Å². The quantitative estimate of drug-likeness (QED) is 0.853. The number of carbonyl (C=O) groups excluding carboxylic acids is 1. The molecular formula is C14H20N2OS. The first-order valence-corrected chi connectivity index (χ1v) is 7.64. The van der Waals surface area contributed by atoms with Gasteiger partial charge in [0.05, 0.1) is 0 Å². The summed E-state index contributed by atoms with van der Waals surface area (Å²) in [5.74, 6) is 1.15. The lowest BCUT2D eigenvalue weighted by Crippen LogP contribution is -2.39. The van der Waals surface area contributed by atoms with Crippen molar-refractivity contribution in [1.82, 2.24) is 0 Å². The van der Waals surface area contributed by atoms with Crippen molar-refractivity contribution in [1.29, 1.82) is 0 Å². The van der Waals surface area contributed by atoms with Crippen molar-refractivity contribution < 1.29 is 4.79 Å². The van der Waals surface area contributed by atoms with E-state index in [-0.39, 0.29) is 17.9 Å². The van der Waals surface area contributed by atoms with E-state index in [2.05, 4.69) is 6.92 Å². The lowest BCUT2D eigenvalue weighted by atomic mass is 10.1. The number of fused-ring (bicyclic) bond motifs is 1. The van der Waals surface area contributed by atoms with E-state index in [0.29, 0.717) is 0 Å². The van der Waals surface area contributed by atoms with Crippen LogP contribution in [0.1, 0.15) is 19.4 Å². The van der Waals surface area contributed by atoms with Gasteiger partial charge in [-0.05, 0) is 43.4 Å². The average molecular weight is 264 g/mol. The van der Waals surface area contributed by atoms with Crippen LogP contribution in [0.5, 0.6) is 0 Å². The number of anilines is 2. The normalized spacial score (nSPS) is 19.7. The molecule has 4 heteroatoms. The molecule has 2 rings (SSSR count). The maximum atomic E-state index is 12.5. The largest absolute Gasteiger partial charge is 0.399 e. The molecule has 2 N–H and O–H groups in total. The number of thioether (sulfide) groups is 1. The summed E-state index contributed by atoms with van der Waals surface area (Å²) < 4.78 is 0. The van der Waals surface area contributed by atoms with Gasteiger partial charge in [0.2, 0.25) is 5.91 Å². The van der Waals surface area contributed by atoms with Crippen LogP contribution in [0.4, 0.5) is 11.4 Å². The average Bonchev–Trinajstić information content (AvgIpc) is 2.63. The zero-order valence-corrected chi connectivity index (χ0v) is 12.0. The maximum Gasteiger partial charge on any atom is 0.230 e. The zero-order valence-electron chi connectivity index (χ0n) is 11.1. The van der Waals surface area contributed by atoms with Crippen LogP contribution in [0.15, 0.2) is 18.2 Å². The van der Waals surface area contributed by atoms with Gasteiger partial charge in [0.15, 0.2) is 0 Å². The van der Waals surface area contributed by atoms with Gasteiger partial charge in [-0.2, -0.15) is 11.8 Å². The highest BCUT2D eigenvalue weighted by molar-refractivity contribution is 7.98. The van der Waals surface area contributed by atoms with Crippen LogP contribution >= 0.6 is 11.8 Å². The topological polar surface area (TPSA) is 46.3 Å². The van der Waals surface area contributed by atoms with Gasteiger partial charge < -0.3 is 10.6 Å². The van der Waals surface area contributed by atoms with E-state index < -0.39 is 0 Å². The van der Waals surface area contributed by atoms with E-state index in [4.69, 9.17) is 5.73 Å². The number of amides is 1. The first kappa shape index (κ1) is 13.3. The van der Waals surface area contributed by atoms with Gasteiger partial charge in [-0.1, -0.05) is 6.92 Å². The summed E-state index contributed by atoms with van der Waals surface area (Å²) in [5, 5.41) is 0. The third-order valence-electron chi connectivity index (χ3n) is 3.39. The van der Waals surface area contributed by atoms with Crippen LogP contribution in [0.3, 0.4) is 0 Å². The van der Waals surface area contributed by atoms with E-state index in [1.165, 1.54) is 5.56 Å². The highest BCUT2D eigenvalue weighted by Crippen LogP contribution is 2.34. The minimum atomic E-state index is 0.0611. The molecule has 1 aromatic rings. The first-order valence-electron chi connectivity index (χ1n) is 6.25. The summed E-state index contributed by atoms with van der Waals surface area (Å²) in [6, 6.07) is 6.06. The molecule has 0 bridgehead atoms. The summed E-state index contributed by atoms with van der Waals surface area (Å²) in [4.78, 5) is 14.4. The molecule has 0 aromatic heterocycles. The fraction of sp³-hybridized carbons (Fsp3) is 0.500. The summed E-state index contributed by atoms with van der Waals surface area (Å²) in [5.41, 5.74) is 8.79. The summed E-state index contributed by atoms with van der Waals surface area (Å²) >= 11 is 1.71. The van der Waals surface area contributed by atoms with Crippen LogP contribution in [0.2, 0.25) is 0 Å². The molecule has 3 nitrogen and oxygen atoms in total. The second-order valence-corrected chi connectivity index (χ2v) is 5.92. The van der Waals surface area contributed by atoms with Gasteiger partial charge in [-0.25, -0.2) is 0 Å². The maximum absolute atomic E-state index is 12.5. The Labute approximate surface area is 113 Å². The van der Waals surface area contributed by atoms with Crippen LogP contribution in [-0.2, 0) is 11.2 Å². The first-order chi connectivity index (χ1) is 8.54. The molecule has 18 heavy (non-hydrogen) atoms. The Kier molecular flexibility index (Phi) is 3.85. The summed E-state index contributed by atoms with van der Waals surface area (Å²) in [7, 11) is 0. The molecule has 1 amide bonds. The minimum absolute atomic E-state index is 0.0611. The predicted molar refractivity (Wildman–Crippen MR) is 79.1 cm³/mol. The number of benzene rings is 1. The van der Waals surface area contributed by atoms with Gasteiger partial charge in [0.25, 0.3) is 0 Å². The summed E-state index contributed by atoms with van der Waals surface area (Å²) in [6.45, 7) is 4.10. The van der Waals surface area contributed by atoms with E-state index in [0.717, 1.165) is 23.5 Å². The van der Waals surface area contributed by atoms with Crippen molar-refractivity contribution in [2.24, 2.45) is 5.92 Å². The van der Waals surface area contributed by atoms with Gasteiger partial charge in [-0.3, -0.25) is 4.79 Å². The smallest absolute Gasteiger partial charge is 0.230 e. The monoisotopic (exact) mass is 264 g/mol. The van der Waals surface area contributed by atoms with Crippen molar-refractivity contribution in [2.45, 2.75) is 26.3 Å². The van der Waals surface area contributed by atoms with Gasteiger partial charge >= 0.3 is 0 Å². The van der Waals surface area contributed by atoms with Crippen molar-refractivity contribution in [3.8, 4) is 0 Å². The van der Waals surface area contributed by atoms with E-state index in [1.807, 2.05) is 36.3 Å². The number of nitrogens with zero attached hydrogens (tertiary/aromatic N) is 1. The minimum Gasteiger partial charge on any atom is -0.399 e. The van der Waals surface area contributed by atoms with Gasteiger partial charge in [0.1, 0.15) is 0 Å². The van der Waals surface area contributed by atoms with Crippen LogP contribution in [0.25, 0.3) is 0 Å². The van der Waals surface area contributed by atoms with Crippen LogP contribution < -0.4 is 10.6 Å². The number of hydrogen-bond acceptors (Lipinski definition) is 3. The van der Waals surface area contributed by atoms with E-state index in [1.54, 1.807) is 11.8 Å². The van der Waals surface area contributed by atoms with Crippen molar-refractivity contribution in [3.63, 3.8) is 0 Å². The molecule has 98 valence electrons. The van der Waals surface area contributed by atoms with Crippen LogP contribution in [0, 0.1) is 5.92 Å². The molecule has 1 aromatic carbocycles. The number of nitrogens with two attached hydrogens (primary N) is 1. The molecule has 0 aliphatic carbocycles. The number of nitrogen functional groups attached to an aromatic ring is 1.